The van der Waals surface area contributed by atoms with Crippen molar-refractivity contribution in [1.82, 2.24) is 9.55 Å². The summed E-state index contributed by atoms with van der Waals surface area (Å²) in [6.45, 7) is 5.04. The Labute approximate surface area is 207 Å². The molecule has 36 heavy (non-hydrogen) atoms. The number of fused-ring (bicyclic) bond motifs is 2. The normalized spacial score (nSPS) is 11.3. The van der Waals surface area contributed by atoms with Gasteiger partial charge in [-0.2, -0.15) is 0 Å². The van der Waals surface area contributed by atoms with Crippen LogP contribution in [-0.2, 0) is 17.8 Å². The zero-order valence-electron chi connectivity index (χ0n) is 20.2. The number of ether oxygens (including phenoxy) is 1. The molecular weight excluding hydrogens is 460 g/mol. The number of methoxy groups -OCH3 is 1. The third-order valence-electron chi connectivity index (χ3n) is 5.79. The van der Waals surface area contributed by atoms with Crippen LogP contribution >= 0.6 is 0 Å². The predicted molar refractivity (Wildman–Crippen MR) is 136 cm³/mol. The topological polar surface area (TPSA) is 112 Å². The van der Waals surface area contributed by atoms with Gasteiger partial charge in [-0.15, -0.1) is 0 Å². The molecule has 9 heteroatoms. The largest absolute Gasteiger partial charge is 0.472 e. The molecule has 5 rings (SSSR count). The number of hydrogen-bond donors (Lipinski definition) is 2. The molecule has 0 fully saturated rings. The van der Waals surface area contributed by atoms with Gasteiger partial charge in [-0.25, -0.2) is 9.78 Å². The molecule has 0 saturated heterocycles. The molecule has 0 bridgehead atoms. The van der Waals surface area contributed by atoms with Crippen molar-refractivity contribution in [3.05, 3.63) is 78.2 Å². The van der Waals surface area contributed by atoms with Crippen LogP contribution in [-0.4, -0.2) is 28.5 Å². The van der Waals surface area contributed by atoms with E-state index < -0.39 is 11.9 Å². The summed E-state index contributed by atoms with van der Waals surface area (Å²) in [4.78, 5) is 30.4. The van der Waals surface area contributed by atoms with Crippen molar-refractivity contribution in [3.63, 3.8) is 0 Å². The lowest BCUT2D eigenvalue weighted by Crippen LogP contribution is -2.18. The minimum absolute atomic E-state index is 0.217. The molecule has 0 aliphatic rings. The quantitative estimate of drug-likeness (QED) is 0.271. The van der Waals surface area contributed by atoms with E-state index in [1.165, 1.54) is 19.6 Å². The molecule has 1 amide bonds. The number of nitrogens with one attached hydrogen (secondary N) is 2. The summed E-state index contributed by atoms with van der Waals surface area (Å²) in [6.07, 6.45) is 4.46. The van der Waals surface area contributed by atoms with Gasteiger partial charge in [0.1, 0.15) is 23.3 Å². The summed E-state index contributed by atoms with van der Waals surface area (Å²) in [6, 6.07) is 13.2. The Kier molecular flexibility index (Phi) is 6.20. The second-order valence-corrected chi connectivity index (χ2v) is 8.89. The molecule has 0 spiro atoms. The van der Waals surface area contributed by atoms with E-state index in [9.17, 15) is 9.59 Å². The van der Waals surface area contributed by atoms with Crippen LogP contribution in [0.4, 0.5) is 11.4 Å². The average Bonchev–Trinajstić information content (AvgIpc) is 3.61. The number of furan rings is 2. The minimum Gasteiger partial charge on any atom is -0.472 e. The number of anilines is 2. The van der Waals surface area contributed by atoms with Gasteiger partial charge in [-0.1, -0.05) is 32.0 Å². The van der Waals surface area contributed by atoms with Gasteiger partial charge in [0.05, 0.1) is 43.1 Å². The second-order valence-electron chi connectivity index (χ2n) is 8.89. The summed E-state index contributed by atoms with van der Waals surface area (Å²) < 4.78 is 17.8. The second kappa shape index (κ2) is 9.61. The molecule has 184 valence electrons. The highest BCUT2D eigenvalue weighted by atomic mass is 16.5. The Hall–Kier alpha value is -4.53. The average molecular weight is 487 g/mol. The summed E-state index contributed by atoms with van der Waals surface area (Å²) in [5.74, 6) is 0.0255. The predicted octanol–water partition coefficient (Wildman–Crippen LogP) is 5.68. The molecule has 4 heterocycles. The summed E-state index contributed by atoms with van der Waals surface area (Å²) in [7, 11) is 1.31. The minimum atomic E-state index is -0.562. The molecule has 0 aliphatic carbocycles. The van der Waals surface area contributed by atoms with Crippen molar-refractivity contribution in [2.75, 3.05) is 17.7 Å². The molecule has 0 unspecified atom stereocenters. The highest BCUT2D eigenvalue weighted by molar-refractivity contribution is 6.14. The van der Waals surface area contributed by atoms with Gasteiger partial charge in [-0.3, -0.25) is 4.79 Å². The van der Waals surface area contributed by atoms with E-state index in [0.29, 0.717) is 41.1 Å². The van der Waals surface area contributed by atoms with E-state index in [1.54, 1.807) is 16.8 Å². The zero-order valence-corrected chi connectivity index (χ0v) is 20.2. The van der Waals surface area contributed by atoms with Crippen LogP contribution in [0.3, 0.4) is 0 Å². The highest BCUT2D eigenvalue weighted by Gasteiger charge is 2.27. The number of para-hydroxylation sites is 1. The summed E-state index contributed by atoms with van der Waals surface area (Å²) >= 11 is 0. The molecule has 9 nitrogen and oxygen atoms in total. The van der Waals surface area contributed by atoms with Crippen LogP contribution in [0.15, 0.2) is 70.0 Å². The fourth-order valence-electron chi connectivity index (χ4n) is 4.19. The first kappa shape index (κ1) is 23.2. The first-order valence-corrected chi connectivity index (χ1v) is 11.6. The SMILES string of the molecule is COC(=O)c1c(NC(=O)c2ccoc2)c2cc(NCc3cc4ccccc4o3)cnc2n1CC(C)C. The van der Waals surface area contributed by atoms with Crippen LogP contribution in [0, 0.1) is 5.92 Å². The van der Waals surface area contributed by atoms with Gasteiger partial charge in [0.25, 0.3) is 5.91 Å². The van der Waals surface area contributed by atoms with E-state index in [4.69, 9.17) is 13.6 Å². The molecule has 0 saturated carbocycles. The van der Waals surface area contributed by atoms with E-state index >= 15 is 0 Å². The maximum absolute atomic E-state index is 12.9. The van der Waals surface area contributed by atoms with Crippen molar-refractivity contribution in [2.45, 2.75) is 26.9 Å². The van der Waals surface area contributed by atoms with Crippen molar-refractivity contribution in [1.29, 1.82) is 0 Å². The van der Waals surface area contributed by atoms with Crippen molar-refractivity contribution >= 4 is 45.3 Å². The smallest absolute Gasteiger partial charge is 0.356 e. The van der Waals surface area contributed by atoms with E-state index in [0.717, 1.165) is 16.7 Å². The first-order chi connectivity index (χ1) is 17.4. The lowest BCUT2D eigenvalue weighted by molar-refractivity contribution is 0.0589. The number of aromatic nitrogens is 2. The monoisotopic (exact) mass is 486 g/mol. The number of esters is 1. The van der Waals surface area contributed by atoms with Gasteiger partial charge >= 0.3 is 5.97 Å². The number of rotatable bonds is 8. The standard InChI is InChI=1S/C27H26N4O5/c1-16(2)14-31-24(27(33)34-3)23(30-26(32)18-8-9-35-15-18)21-11-19(12-29-25(21)31)28-13-20-10-17-6-4-5-7-22(17)36-20/h4-12,15-16,28H,13-14H2,1-3H3,(H,30,32). The van der Waals surface area contributed by atoms with E-state index in [1.807, 2.05) is 50.2 Å². The van der Waals surface area contributed by atoms with Crippen molar-refractivity contribution in [2.24, 2.45) is 5.92 Å². The molecular formula is C27H26N4O5. The Balaban J connectivity index is 1.55. The fraction of sp³-hybridized carbons (Fsp3) is 0.222. The Bertz CT molecular complexity index is 1510. The Morgan fingerprint density at radius 3 is 2.72 bits per heavy atom. The molecule has 1 aromatic carbocycles. The lowest BCUT2D eigenvalue weighted by Gasteiger charge is -2.12. The van der Waals surface area contributed by atoms with Crippen molar-refractivity contribution < 1.29 is 23.2 Å². The lowest BCUT2D eigenvalue weighted by atomic mass is 10.2. The summed E-state index contributed by atoms with van der Waals surface area (Å²) in [5, 5.41) is 7.84. The van der Waals surface area contributed by atoms with Gasteiger partial charge in [0.15, 0.2) is 5.69 Å². The number of carbonyl (C=O) groups excluding carboxylic acids is 2. The van der Waals surface area contributed by atoms with E-state index in [-0.39, 0.29) is 11.6 Å². The highest BCUT2D eigenvalue weighted by Crippen LogP contribution is 2.34. The van der Waals surface area contributed by atoms with Gasteiger partial charge in [-0.05, 0) is 30.2 Å². The van der Waals surface area contributed by atoms with Gasteiger partial charge < -0.3 is 28.8 Å². The maximum Gasteiger partial charge on any atom is 0.356 e. The first-order valence-electron chi connectivity index (χ1n) is 11.6. The van der Waals surface area contributed by atoms with Crippen LogP contribution < -0.4 is 10.6 Å². The Morgan fingerprint density at radius 2 is 2.00 bits per heavy atom. The number of carbonyl (C=O) groups is 2. The number of nitrogens with zero attached hydrogens (tertiary/aromatic N) is 2. The van der Waals surface area contributed by atoms with Crippen LogP contribution in [0.25, 0.3) is 22.0 Å². The molecule has 2 N–H and O–H groups in total. The maximum atomic E-state index is 12.9. The number of amides is 1. The number of benzene rings is 1. The molecule has 0 atom stereocenters. The number of hydrogen-bond acceptors (Lipinski definition) is 7. The molecule has 4 aromatic heterocycles. The zero-order chi connectivity index (χ0) is 25.2. The van der Waals surface area contributed by atoms with Crippen LogP contribution in [0.1, 0.15) is 40.5 Å². The Morgan fingerprint density at radius 1 is 1.17 bits per heavy atom. The van der Waals surface area contributed by atoms with Crippen LogP contribution in [0.2, 0.25) is 0 Å². The van der Waals surface area contributed by atoms with E-state index in [2.05, 4.69) is 15.6 Å². The third-order valence-corrected chi connectivity index (χ3v) is 5.79. The third kappa shape index (κ3) is 4.43. The summed E-state index contributed by atoms with van der Waals surface area (Å²) in [5.41, 5.74) is 3.01. The van der Waals surface area contributed by atoms with Crippen LogP contribution in [0.5, 0.6) is 0 Å². The molecule has 5 aromatic rings. The number of pyridine rings is 1. The van der Waals surface area contributed by atoms with Gasteiger partial charge in [0, 0.05) is 17.3 Å². The molecule has 0 radical (unpaired) electrons. The fourth-order valence-corrected chi connectivity index (χ4v) is 4.19. The van der Waals surface area contributed by atoms with Crippen molar-refractivity contribution in [3.8, 4) is 0 Å². The molecule has 0 aliphatic heterocycles. The van der Waals surface area contributed by atoms with Gasteiger partial charge in [0.2, 0.25) is 0 Å².